The highest BCUT2D eigenvalue weighted by molar-refractivity contribution is 6.30. The summed E-state index contributed by atoms with van der Waals surface area (Å²) in [6, 6.07) is 20.4. The first-order valence-corrected chi connectivity index (χ1v) is 6.91. The molecule has 3 aromatic rings. The van der Waals surface area contributed by atoms with Crippen molar-refractivity contribution in [2.75, 3.05) is 10.6 Å². The molecular weight excluding hydrogens is 284 g/mol. The monoisotopic (exact) mass is 296 g/mol. The van der Waals surface area contributed by atoms with E-state index in [0.717, 1.165) is 16.5 Å². The zero-order valence-corrected chi connectivity index (χ0v) is 11.9. The predicted octanol–water partition coefficient (Wildman–Crippen LogP) is 5.14. The second-order valence-corrected chi connectivity index (χ2v) is 5.05. The summed E-state index contributed by atoms with van der Waals surface area (Å²) < 4.78 is 0. The van der Waals surface area contributed by atoms with Gasteiger partial charge in [-0.3, -0.25) is 0 Å². The number of fused-ring (bicyclic) bond motifs is 1. The second-order valence-electron chi connectivity index (χ2n) is 4.61. The molecular formula is C17H13ClN2O. The third kappa shape index (κ3) is 3.15. The molecule has 0 aliphatic rings. The van der Waals surface area contributed by atoms with Crippen molar-refractivity contribution < 1.29 is 4.79 Å². The number of halogens is 1. The highest BCUT2D eigenvalue weighted by atomic mass is 35.5. The van der Waals surface area contributed by atoms with Gasteiger partial charge in [-0.1, -0.05) is 48.0 Å². The van der Waals surface area contributed by atoms with Crippen LogP contribution in [-0.2, 0) is 0 Å². The summed E-state index contributed by atoms with van der Waals surface area (Å²) in [4.78, 5) is 12.1. The molecule has 0 saturated heterocycles. The van der Waals surface area contributed by atoms with Crippen LogP contribution in [0.4, 0.5) is 16.2 Å². The molecule has 0 fully saturated rings. The van der Waals surface area contributed by atoms with Crippen LogP contribution in [0.2, 0.25) is 5.02 Å². The Balaban J connectivity index is 1.79. The highest BCUT2D eigenvalue weighted by Gasteiger charge is 2.05. The lowest BCUT2D eigenvalue weighted by molar-refractivity contribution is 0.262. The fraction of sp³-hybridized carbons (Fsp3) is 0. The van der Waals surface area contributed by atoms with E-state index in [1.54, 1.807) is 24.3 Å². The third-order valence-corrected chi connectivity index (χ3v) is 3.39. The van der Waals surface area contributed by atoms with Gasteiger partial charge in [-0.05, 0) is 35.7 Å². The Hall–Kier alpha value is -2.52. The van der Waals surface area contributed by atoms with Crippen LogP contribution in [0, 0.1) is 0 Å². The van der Waals surface area contributed by atoms with Crippen molar-refractivity contribution in [2.45, 2.75) is 0 Å². The Morgan fingerprint density at radius 1 is 0.810 bits per heavy atom. The SMILES string of the molecule is O=C(Nc1ccc(Cl)cc1)Nc1cccc2ccccc12. The Morgan fingerprint density at radius 3 is 2.33 bits per heavy atom. The number of anilines is 2. The zero-order chi connectivity index (χ0) is 14.7. The standard InChI is InChI=1S/C17H13ClN2O/c18-13-8-10-14(11-9-13)19-17(21)20-16-7-3-5-12-4-1-2-6-15(12)16/h1-11H,(H2,19,20,21). The largest absolute Gasteiger partial charge is 0.323 e. The van der Waals surface area contributed by atoms with Crippen LogP contribution >= 0.6 is 11.6 Å². The van der Waals surface area contributed by atoms with Gasteiger partial charge in [0.1, 0.15) is 0 Å². The highest BCUT2D eigenvalue weighted by Crippen LogP contribution is 2.23. The average molecular weight is 297 g/mol. The summed E-state index contributed by atoms with van der Waals surface area (Å²) in [6.45, 7) is 0. The zero-order valence-electron chi connectivity index (χ0n) is 11.1. The van der Waals surface area contributed by atoms with Gasteiger partial charge < -0.3 is 10.6 Å². The van der Waals surface area contributed by atoms with Crippen LogP contribution in [0.1, 0.15) is 0 Å². The number of hydrogen-bond acceptors (Lipinski definition) is 1. The van der Waals surface area contributed by atoms with E-state index < -0.39 is 0 Å². The van der Waals surface area contributed by atoms with E-state index in [-0.39, 0.29) is 6.03 Å². The number of nitrogens with one attached hydrogen (secondary N) is 2. The van der Waals surface area contributed by atoms with Crippen molar-refractivity contribution in [3.8, 4) is 0 Å². The van der Waals surface area contributed by atoms with Crippen LogP contribution in [0.3, 0.4) is 0 Å². The first-order valence-electron chi connectivity index (χ1n) is 6.54. The van der Waals surface area contributed by atoms with Crippen LogP contribution in [0.5, 0.6) is 0 Å². The van der Waals surface area contributed by atoms with E-state index in [1.807, 2.05) is 42.5 Å². The van der Waals surface area contributed by atoms with E-state index in [1.165, 1.54) is 0 Å². The summed E-state index contributed by atoms with van der Waals surface area (Å²) in [7, 11) is 0. The molecule has 0 saturated carbocycles. The van der Waals surface area contributed by atoms with Crippen molar-refractivity contribution in [1.82, 2.24) is 0 Å². The van der Waals surface area contributed by atoms with Crippen LogP contribution in [0.25, 0.3) is 10.8 Å². The van der Waals surface area contributed by atoms with Crippen molar-refractivity contribution in [3.05, 3.63) is 71.8 Å². The third-order valence-electron chi connectivity index (χ3n) is 3.14. The molecule has 3 aromatic carbocycles. The normalized spacial score (nSPS) is 10.3. The van der Waals surface area contributed by atoms with Crippen molar-refractivity contribution in [3.63, 3.8) is 0 Å². The number of benzene rings is 3. The molecule has 0 heterocycles. The van der Waals surface area contributed by atoms with Crippen LogP contribution in [0.15, 0.2) is 66.7 Å². The maximum atomic E-state index is 12.1. The molecule has 2 amide bonds. The molecule has 0 bridgehead atoms. The van der Waals surface area contributed by atoms with E-state index in [4.69, 9.17) is 11.6 Å². The van der Waals surface area contributed by atoms with Crippen LogP contribution in [-0.4, -0.2) is 6.03 Å². The summed E-state index contributed by atoms with van der Waals surface area (Å²) in [5, 5.41) is 8.36. The van der Waals surface area contributed by atoms with Gasteiger partial charge in [0.2, 0.25) is 0 Å². The molecule has 3 rings (SSSR count). The molecule has 0 aliphatic heterocycles. The molecule has 0 spiro atoms. The fourth-order valence-corrected chi connectivity index (χ4v) is 2.28. The van der Waals surface area contributed by atoms with Crippen molar-refractivity contribution >= 4 is 39.8 Å². The minimum absolute atomic E-state index is 0.284. The van der Waals surface area contributed by atoms with E-state index in [9.17, 15) is 4.79 Å². The number of amides is 2. The quantitative estimate of drug-likeness (QED) is 0.675. The number of carbonyl (C=O) groups is 1. The molecule has 3 nitrogen and oxygen atoms in total. The van der Waals surface area contributed by atoms with Gasteiger partial charge in [-0.2, -0.15) is 0 Å². The maximum Gasteiger partial charge on any atom is 0.323 e. The second kappa shape index (κ2) is 5.85. The fourth-order valence-electron chi connectivity index (χ4n) is 2.15. The molecule has 4 heteroatoms. The van der Waals surface area contributed by atoms with E-state index in [2.05, 4.69) is 10.6 Å². The number of hydrogen-bond donors (Lipinski definition) is 2. The minimum Gasteiger partial charge on any atom is -0.308 e. The molecule has 0 aromatic heterocycles. The summed E-state index contributed by atoms with van der Waals surface area (Å²) >= 11 is 5.82. The maximum absolute atomic E-state index is 12.1. The molecule has 21 heavy (non-hydrogen) atoms. The smallest absolute Gasteiger partial charge is 0.308 e. The molecule has 0 aliphatic carbocycles. The van der Waals surface area contributed by atoms with Gasteiger partial charge in [0.15, 0.2) is 0 Å². The Labute approximate surface area is 127 Å². The molecule has 104 valence electrons. The van der Waals surface area contributed by atoms with Crippen molar-refractivity contribution in [1.29, 1.82) is 0 Å². The lowest BCUT2D eigenvalue weighted by Gasteiger charge is -2.10. The van der Waals surface area contributed by atoms with Crippen LogP contribution < -0.4 is 10.6 Å². The topological polar surface area (TPSA) is 41.1 Å². The lowest BCUT2D eigenvalue weighted by atomic mass is 10.1. The first-order chi connectivity index (χ1) is 10.2. The number of rotatable bonds is 2. The Kier molecular flexibility index (Phi) is 3.75. The van der Waals surface area contributed by atoms with Gasteiger partial charge in [0.05, 0.1) is 5.69 Å². The number of carbonyl (C=O) groups excluding carboxylic acids is 1. The average Bonchev–Trinajstić information content (AvgIpc) is 2.50. The lowest BCUT2D eigenvalue weighted by Crippen LogP contribution is -2.19. The summed E-state index contributed by atoms with van der Waals surface area (Å²) in [5.74, 6) is 0. The van der Waals surface area contributed by atoms with Gasteiger partial charge in [-0.25, -0.2) is 4.79 Å². The minimum atomic E-state index is -0.284. The molecule has 2 N–H and O–H groups in total. The van der Waals surface area contributed by atoms with Gasteiger partial charge in [-0.15, -0.1) is 0 Å². The van der Waals surface area contributed by atoms with Crippen molar-refractivity contribution in [2.24, 2.45) is 0 Å². The summed E-state index contributed by atoms with van der Waals surface area (Å²) in [6.07, 6.45) is 0. The summed E-state index contributed by atoms with van der Waals surface area (Å²) in [5.41, 5.74) is 1.47. The predicted molar refractivity (Wildman–Crippen MR) is 88.0 cm³/mol. The van der Waals surface area contributed by atoms with Gasteiger partial charge in [0.25, 0.3) is 0 Å². The van der Waals surface area contributed by atoms with Gasteiger partial charge in [0, 0.05) is 16.1 Å². The molecule has 0 unspecified atom stereocenters. The van der Waals surface area contributed by atoms with Gasteiger partial charge >= 0.3 is 6.03 Å². The Bertz CT molecular complexity index is 779. The number of urea groups is 1. The van der Waals surface area contributed by atoms with E-state index in [0.29, 0.717) is 10.7 Å². The molecule has 0 atom stereocenters. The molecule has 0 radical (unpaired) electrons. The van der Waals surface area contributed by atoms with E-state index >= 15 is 0 Å². The Morgan fingerprint density at radius 2 is 1.52 bits per heavy atom. The first kappa shape index (κ1) is 13.5.